The number of benzene rings is 1. The number of aromatic nitrogens is 4. The molecule has 9 heteroatoms. The fourth-order valence-corrected chi connectivity index (χ4v) is 3.03. The molecule has 1 aliphatic rings. The van der Waals surface area contributed by atoms with Gasteiger partial charge in [0.1, 0.15) is 0 Å². The van der Waals surface area contributed by atoms with Crippen molar-refractivity contribution in [2.24, 2.45) is 0 Å². The van der Waals surface area contributed by atoms with Gasteiger partial charge in [0.15, 0.2) is 17.0 Å². The molecule has 9 nitrogen and oxygen atoms in total. The highest BCUT2D eigenvalue weighted by Gasteiger charge is 2.20. The standard InChI is InChI=1S/C18H18N6O3/c1-26-17(25)12-5-3-2-4-11(12)13-10-20-15-14(21-13)16(23-18(19)22-15)24-6-8-27-9-7-24/h2-5,10H,6-9H2,1H3,(H2,19,20,22,23). The Morgan fingerprint density at radius 3 is 2.74 bits per heavy atom. The Kier molecular flexibility index (Phi) is 4.51. The summed E-state index contributed by atoms with van der Waals surface area (Å²) in [6, 6.07) is 7.09. The second kappa shape index (κ2) is 7.12. The number of nitrogen functional groups attached to an aromatic ring is 1. The molecule has 0 aliphatic carbocycles. The van der Waals surface area contributed by atoms with Crippen molar-refractivity contribution in [2.75, 3.05) is 44.0 Å². The molecular weight excluding hydrogens is 348 g/mol. The summed E-state index contributed by atoms with van der Waals surface area (Å²) < 4.78 is 10.3. The molecule has 0 atom stereocenters. The van der Waals surface area contributed by atoms with Crippen LogP contribution in [0.3, 0.4) is 0 Å². The minimum Gasteiger partial charge on any atom is -0.465 e. The van der Waals surface area contributed by atoms with Crippen molar-refractivity contribution in [3.63, 3.8) is 0 Å². The van der Waals surface area contributed by atoms with E-state index in [2.05, 4.69) is 19.9 Å². The molecule has 0 radical (unpaired) electrons. The fraction of sp³-hybridized carbons (Fsp3) is 0.278. The molecule has 0 unspecified atom stereocenters. The monoisotopic (exact) mass is 366 g/mol. The van der Waals surface area contributed by atoms with Crippen LogP contribution in [0.4, 0.5) is 11.8 Å². The van der Waals surface area contributed by atoms with Crippen LogP contribution in [0.25, 0.3) is 22.4 Å². The molecule has 3 aromatic rings. The molecule has 27 heavy (non-hydrogen) atoms. The summed E-state index contributed by atoms with van der Waals surface area (Å²) in [5, 5.41) is 0. The number of nitrogens with two attached hydrogens (primary N) is 1. The van der Waals surface area contributed by atoms with Crippen LogP contribution in [0.2, 0.25) is 0 Å². The topological polar surface area (TPSA) is 116 Å². The molecule has 2 aromatic heterocycles. The zero-order chi connectivity index (χ0) is 18.8. The van der Waals surface area contributed by atoms with Gasteiger partial charge in [0.25, 0.3) is 0 Å². The molecule has 2 N–H and O–H groups in total. The van der Waals surface area contributed by atoms with Gasteiger partial charge in [0.2, 0.25) is 5.95 Å². The summed E-state index contributed by atoms with van der Waals surface area (Å²) in [6.45, 7) is 2.56. The van der Waals surface area contributed by atoms with Gasteiger partial charge in [-0.25, -0.2) is 14.8 Å². The van der Waals surface area contributed by atoms with Gasteiger partial charge in [0.05, 0.1) is 37.8 Å². The Morgan fingerprint density at radius 2 is 1.96 bits per heavy atom. The minimum absolute atomic E-state index is 0.140. The van der Waals surface area contributed by atoms with Crippen LogP contribution >= 0.6 is 0 Å². The third kappa shape index (κ3) is 3.24. The normalized spacial score (nSPS) is 14.3. The first kappa shape index (κ1) is 17.1. The van der Waals surface area contributed by atoms with E-state index in [1.54, 1.807) is 24.4 Å². The lowest BCUT2D eigenvalue weighted by atomic mass is 10.0. The maximum Gasteiger partial charge on any atom is 0.338 e. The van der Waals surface area contributed by atoms with Crippen molar-refractivity contribution in [1.29, 1.82) is 0 Å². The van der Waals surface area contributed by atoms with Crippen molar-refractivity contribution < 1.29 is 14.3 Å². The van der Waals surface area contributed by atoms with Gasteiger partial charge >= 0.3 is 5.97 Å². The molecular formula is C18H18N6O3. The van der Waals surface area contributed by atoms with Crippen LogP contribution in [0.1, 0.15) is 10.4 Å². The predicted octanol–water partition coefficient (Wildman–Crippen LogP) is 1.29. The maximum absolute atomic E-state index is 12.1. The smallest absolute Gasteiger partial charge is 0.338 e. The number of carbonyl (C=O) groups is 1. The Labute approximate surface area is 155 Å². The number of ether oxygens (including phenoxy) is 2. The molecule has 4 rings (SSSR count). The van der Waals surface area contributed by atoms with Crippen molar-refractivity contribution >= 4 is 28.9 Å². The van der Waals surface area contributed by atoms with Gasteiger partial charge in [0, 0.05) is 18.7 Å². The van der Waals surface area contributed by atoms with Gasteiger partial charge in [-0.2, -0.15) is 9.97 Å². The summed E-state index contributed by atoms with van der Waals surface area (Å²) in [5.41, 5.74) is 8.37. The molecule has 1 aromatic carbocycles. The Morgan fingerprint density at radius 1 is 1.19 bits per heavy atom. The summed E-state index contributed by atoms with van der Waals surface area (Å²) >= 11 is 0. The van der Waals surface area contributed by atoms with Crippen LogP contribution in [0, 0.1) is 0 Å². The molecule has 0 bridgehead atoms. The Bertz CT molecular complexity index is 1000. The van der Waals surface area contributed by atoms with Crippen molar-refractivity contribution in [2.45, 2.75) is 0 Å². The average molecular weight is 366 g/mol. The van der Waals surface area contributed by atoms with Crippen LogP contribution in [0.15, 0.2) is 30.5 Å². The number of rotatable bonds is 3. The van der Waals surface area contributed by atoms with Crippen molar-refractivity contribution in [1.82, 2.24) is 19.9 Å². The number of hydrogen-bond acceptors (Lipinski definition) is 9. The highest BCUT2D eigenvalue weighted by molar-refractivity contribution is 5.97. The molecule has 1 aliphatic heterocycles. The minimum atomic E-state index is -0.436. The van der Waals surface area contributed by atoms with E-state index in [9.17, 15) is 4.79 Å². The predicted molar refractivity (Wildman–Crippen MR) is 99.3 cm³/mol. The van der Waals surface area contributed by atoms with E-state index >= 15 is 0 Å². The first-order valence-electron chi connectivity index (χ1n) is 8.48. The zero-order valence-corrected chi connectivity index (χ0v) is 14.8. The Hall–Kier alpha value is -3.33. The largest absolute Gasteiger partial charge is 0.465 e. The molecule has 1 saturated heterocycles. The third-order valence-electron chi connectivity index (χ3n) is 4.32. The average Bonchev–Trinajstić information content (AvgIpc) is 2.73. The molecule has 0 amide bonds. The van der Waals surface area contributed by atoms with E-state index < -0.39 is 5.97 Å². The second-order valence-electron chi connectivity index (χ2n) is 5.97. The number of esters is 1. The fourth-order valence-electron chi connectivity index (χ4n) is 3.03. The lowest BCUT2D eigenvalue weighted by molar-refractivity contribution is 0.0601. The number of fused-ring (bicyclic) bond motifs is 1. The van der Waals surface area contributed by atoms with Crippen LogP contribution in [-0.4, -0.2) is 59.3 Å². The quantitative estimate of drug-likeness (QED) is 0.684. The van der Waals surface area contributed by atoms with Gasteiger partial charge in [-0.3, -0.25) is 0 Å². The van der Waals surface area contributed by atoms with E-state index in [1.165, 1.54) is 7.11 Å². The van der Waals surface area contributed by atoms with Crippen molar-refractivity contribution in [3.8, 4) is 11.3 Å². The second-order valence-corrected chi connectivity index (χ2v) is 5.97. The first-order chi connectivity index (χ1) is 13.2. The highest BCUT2D eigenvalue weighted by atomic mass is 16.5. The van der Waals surface area contributed by atoms with Gasteiger partial charge in [-0.1, -0.05) is 18.2 Å². The first-order valence-corrected chi connectivity index (χ1v) is 8.48. The van der Waals surface area contributed by atoms with Crippen LogP contribution in [-0.2, 0) is 9.47 Å². The van der Waals surface area contributed by atoms with E-state index in [1.807, 2.05) is 6.07 Å². The third-order valence-corrected chi connectivity index (χ3v) is 4.32. The summed E-state index contributed by atoms with van der Waals surface area (Å²) in [7, 11) is 1.35. The van der Waals surface area contributed by atoms with Gasteiger partial charge in [-0.05, 0) is 6.07 Å². The SMILES string of the molecule is COC(=O)c1ccccc1-c1cnc2nc(N)nc(N3CCOCC3)c2n1. The maximum atomic E-state index is 12.1. The molecule has 3 heterocycles. The molecule has 0 spiro atoms. The highest BCUT2D eigenvalue weighted by Crippen LogP contribution is 2.27. The molecule has 0 saturated carbocycles. The number of morpholine rings is 1. The number of hydrogen-bond donors (Lipinski definition) is 1. The molecule has 138 valence electrons. The summed E-state index contributed by atoms with van der Waals surface area (Å²) in [5.74, 6) is 0.321. The van der Waals surface area contributed by atoms with E-state index in [0.29, 0.717) is 60.1 Å². The number of anilines is 2. The van der Waals surface area contributed by atoms with Gasteiger partial charge < -0.3 is 20.1 Å². The summed E-state index contributed by atoms with van der Waals surface area (Å²) in [4.78, 5) is 31.8. The zero-order valence-electron chi connectivity index (χ0n) is 14.8. The van der Waals surface area contributed by atoms with Crippen LogP contribution < -0.4 is 10.6 Å². The lowest BCUT2D eigenvalue weighted by Gasteiger charge is -2.28. The lowest BCUT2D eigenvalue weighted by Crippen LogP contribution is -2.37. The van der Waals surface area contributed by atoms with E-state index in [4.69, 9.17) is 20.2 Å². The number of carbonyl (C=O) groups excluding carboxylic acids is 1. The van der Waals surface area contributed by atoms with Gasteiger partial charge in [-0.15, -0.1) is 0 Å². The molecule has 1 fully saturated rings. The van der Waals surface area contributed by atoms with Crippen LogP contribution in [0.5, 0.6) is 0 Å². The van der Waals surface area contributed by atoms with E-state index in [0.717, 1.165) is 0 Å². The number of nitrogens with zero attached hydrogens (tertiary/aromatic N) is 5. The Balaban J connectivity index is 1.87. The van der Waals surface area contributed by atoms with Crippen molar-refractivity contribution in [3.05, 3.63) is 36.0 Å². The van der Waals surface area contributed by atoms with E-state index in [-0.39, 0.29) is 5.95 Å². The number of methoxy groups -OCH3 is 1. The summed E-state index contributed by atoms with van der Waals surface area (Å²) in [6.07, 6.45) is 1.57.